The number of nitriles is 1. The lowest BCUT2D eigenvalue weighted by atomic mass is 10.1. The fourth-order valence-corrected chi connectivity index (χ4v) is 1.60. The Bertz CT molecular complexity index is 411. The summed E-state index contributed by atoms with van der Waals surface area (Å²) in [5.74, 6) is 0. The second-order valence-corrected chi connectivity index (χ2v) is 4.83. The molecule has 0 spiro atoms. The molecule has 1 N–H and O–H groups in total. The Morgan fingerprint density at radius 1 is 1.47 bits per heavy atom. The summed E-state index contributed by atoms with van der Waals surface area (Å²) in [6, 6.07) is 8.20. The molecule has 1 saturated carbocycles. The molecule has 0 aromatic heterocycles. The van der Waals surface area contributed by atoms with Gasteiger partial charge in [0.05, 0.1) is 11.3 Å². The van der Waals surface area contributed by atoms with Gasteiger partial charge in [-0.1, -0.05) is 13.0 Å². The van der Waals surface area contributed by atoms with Crippen LogP contribution in [0, 0.1) is 23.7 Å². The molecule has 0 atom stereocenters. The topological polar surface area (TPSA) is 35.8 Å². The molecule has 1 aromatic carbocycles. The van der Waals surface area contributed by atoms with Gasteiger partial charge >= 0.3 is 0 Å². The van der Waals surface area contributed by atoms with Crippen LogP contribution in [0.5, 0.6) is 0 Å². The maximum Gasteiger partial charge on any atom is 0.101 e. The van der Waals surface area contributed by atoms with Gasteiger partial charge in [0.15, 0.2) is 0 Å². The molecule has 1 aliphatic carbocycles. The standard InChI is InChI=1S/C13H16N2/c1-10-3-4-12(11(7-10)8-14)15-9-13(2)5-6-13/h3-4,7,15H,5-6,9H2,1-2H3. The van der Waals surface area contributed by atoms with Gasteiger partial charge in [-0.15, -0.1) is 0 Å². The molecule has 0 aliphatic heterocycles. The van der Waals surface area contributed by atoms with E-state index >= 15 is 0 Å². The fraction of sp³-hybridized carbons (Fsp3) is 0.462. The number of aryl methyl sites for hydroxylation is 1. The van der Waals surface area contributed by atoms with Gasteiger partial charge in [0, 0.05) is 6.54 Å². The summed E-state index contributed by atoms with van der Waals surface area (Å²) < 4.78 is 0. The molecular formula is C13H16N2. The Balaban J connectivity index is 2.10. The predicted molar refractivity (Wildman–Crippen MR) is 61.7 cm³/mol. The second-order valence-electron chi connectivity index (χ2n) is 4.83. The average molecular weight is 200 g/mol. The van der Waals surface area contributed by atoms with E-state index in [-0.39, 0.29) is 0 Å². The van der Waals surface area contributed by atoms with Crippen molar-refractivity contribution in [3.8, 4) is 6.07 Å². The Hall–Kier alpha value is -1.49. The van der Waals surface area contributed by atoms with Crippen molar-refractivity contribution in [2.45, 2.75) is 26.7 Å². The van der Waals surface area contributed by atoms with E-state index in [9.17, 15) is 0 Å². The van der Waals surface area contributed by atoms with Gasteiger partial charge in [-0.2, -0.15) is 5.26 Å². The van der Waals surface area contributed by atoms with E-state index in [2.05, 4.69) is 18.3 Å². The van der Waals surface area contributed by atoms with E-state index in [1.165, 1.54) is 12.8 Å². The minimum atomic E-state index is 0.470. The molecule has 1 aromatic rings. The van der Waals surface area contributed by atoms with Crippen molar-refractivity contribution < 1.29 is 0 Å². The first-order chi connectivity index (χ1) is 7.13. The Labute approximate surface area is 90.9 Å². The highest BCUT2D eigenvalue weighted by Gasteiger charge is 2.36. The van der Waals surface area contributed by atoms with Crippen molar-refractivity contribution >= 4 is 5.69 Å². The Kier molecular flexibility index (Phi) is 2.40. The normalized spacial score (nSPS) is 16.9. The van der Waals surface area contributed by atoms with Crippen LogP contribution in [0.25, 0.3) is 0 Å². The molecule has 1 aliphatic rings. The van der Waals surface area contributed by atoms with E-state index < -0.39 is 0 Å². The molecule has 0 bridgehead atoms. The zero-order valence-electron chi connectivity index (χ0n) is 9.30. The summed E-state index contributed by atoms with van der Waals surface area (Å²) in [7, 11) is 0. The Morgan fingerprint density at radius 3 is 2.80 bits per heavy atom. The molecule has 15 heavy (non-hydrogen) atoms. The molecular weight excluding hydrogens is 184 g/mol. The highest BCUT2D eigenvalue weighted by Crippen LogP contribution is 2.44. The lowest BCUT2D eigenvalue weighted by Gasteiger charge is -2.12. The van der Waals surface area contributed by atoms with Gasteiger partial charge in [0.25, 0.3) is 0 Å². The molecule has 2 heteroatoms. The second kappa shape index (κ2) is 3.58. The first kappa shape index (κ1) is 10.0. The zero-order chi connectivity index (χ0) is 10.9. The molecule has 2 rings (SSSR count). The molecule has 0 saturated heterocycles. The summed E-state index contributed by atoms with van der Waals surface area (Å²) in [5, 5.41) is 12.4. The molecule has 0 unspecified atom stereocenters. The number of nitrogens with zero attached hydrogens (tertiary/aromatic N) is 1. The maximum atomic E-state index is 9.00. The van der Waals surface area contributed by atoms with Gasteiger partial charge in [-0.3, -0.25) is 0 Å². The Morgan fingerprint density at radius 2 is 2.20 bits per heavy atom. The van der Waals surface area contributed by atoms with Crippen LogP contribution in [0.15, 0.2) is 18.2 Å². The van der Waals surface area contributed by atoms with E-state index in [0.717, 1.165) is 23.4 Å². The number of anilines is 1. The highest BCUT2D eigenvalue weighted by atomic mass is 14.9. The van der Waals surface area contributed by atoms with Crippen molar-refractivity contribution in [3.05, 3.63) is 29.3 Å². The van der Waals surface area contributed by atoms with Crippen LogP contribution in [0.2, 0.25) is 0 Å². The predicted octanol–water partition coefficient (Wildman–Crippen LogP) is 3.08. The van der Waals surface area contributed by atoms with Crippen LogP contribution < -0.4 is 5.32 Å². The number of hydrogen-bond acceptors (Lipinski definition) is 2. The highest BCUT2D eigenvalue weighted by molar-refractivity contribution is 5.58. The van der Waals surface area contributed by atoms with Gasteiger partial charge in [-0.25, -0.2) is 0 Å². The molecule has 0 radical (unpaired) electrons. The smallest absolute Gasteiger partial charge is 0.101 e. The summed E-state index contributed by atoms with van der Waals surface area (Å²) >= 11 is 0. The minimum Gasteiger partial charge on any atom is -0.383 e. The maximum absolute atomic E-state index is 9.00. The van der Waals surface area contributed by atoms with Gasteiger partial charge in [0.1, 0.15) is 6.07 Å². The van der Waals surface area contributed by atoms with Crippen LogP contribution in [0.1, 0.15) is 30.9 Å². The number of nitrogens with one attached hydrogen (secondary N) is 1. The quantitative estimate of drug-likeness (QED) is 0.813. The summed E-state index contributed by atoms with van der Waals surface area (Å²) in [5.41, 5.74) is 3.32. The average Bonchev–Trinajstić information content (AvgIpc) is 2.95. The van der Waals surface area contributed by atoms with E-state index in [1.54, 1.807) is 0 Å². The van der Waals surface area contributed by atoms with E-state index in [4.69, 9.17) is 5.26 Å². The fourth-order valence-electron chi connectivity index (χ4n) is 1.60. The van der Waals surface area contributed by atoms with E-state index in [0.29, 0.717) is 5.41 Å². The third-order valence-electron chi connectivity index (χ3n) is 3.10. The van der Waals surface area contributed by atoms with Crippen molar-refractivity contribution in [2.24, 2.45) is 5.41 Å². The number of hydrogen-bond donors (Lipinski definition) is 1. The SMILES string of the molecule is Cc1ccc(NCC2(C)CC2)c(C#N)c1. The van der Waals surface area contributed by atoms with Crippen molar-refractivity contribution in [1.29, 1.82) is 5.26 Å². The number of rotatable bonds is 3. The molecule has 2 nitrogen and oxygen atoms in total. The summed E-state index contributed by atoms with van der Waals surface area (Å²) in [4.78, 5) is 0. The zero-order valence-corrected chi connectivity index (χ0v) is 9.30. The summed E-state index contributed by atoms with van der Waals surface area (Å²) in [6.07, 6.45) is 2.60. The molecule has 78 valence electrons. The first-order valence-corrected chi connectivity index (χ1v) is 5.38. The molecule has 0 heterocycles. The van der Waals surface area contributed by atoms with Crippen molar-refractivity contribution in [3.63, 3.8) is 0 Å². The van der Waals surface area contributed by atoms with Crippen LogP contribution >= 0.6 is 0 Å². The van der Waals surface area contributed by atoms with Gasteiger partial charge in [0.2, 0.25) is 0 Å². The largest absolute Gasteiger partial charge is 0.383 e. The van der Waals surface area contributed by atoms with Gasteiger partial charge in [-0.05, 0) is 42.9 Å². The molecule has 1 fully saturated rings. The third kappa shape index (κ3) is 2.30. The lowest BCUT2D eigenvalue weighted by Crippen LogP contribution is -2.12. The monoisotopic (exact) mass is 200 g/mol. The van der Waals surface area contributed by atoms with Crippen LogP contribution in [-0.4, -0.2) is 6.54 Å². The van der Waals surface area contributed by atoms with Crippen molar-refractivity contribution in [2.75, 3.05) is 11.9 Å². The van der Waals surface area contributed by atoms with Crippen molar-refractivity contribution in [1.82, 2.24) is 0 Å². The minimum absolute atomic E-state index is 0.470. The van der Waals surface area contributed by atoms with E-state index in [1.807, 2.05) is 25.1 Å². The van der Waals surface area contributed by atoms with Crippen LogP contribution in [0.4, 0.5) is 5.69 Å². The first-order valence-electron chi connectivity index (χ1n) is 5.38. The van der Waals surface area contributed by atoms with Gasteiger partial charge < -0.3 is 5.32 Å². The van der Waals surface area contributed by atoms with Crippen LogP contribution in [-0.2, 0) is 0 Å². The molecule has 0 amide bonds. The number of benzene rings is 1. The third-order valence-corrected chi connectivity index (χ3v) is 3.10. The van der Waals surface area contributed by atoms with Crippen LogP contribution in [0.3, 0.4) is 0 Å². The summed E-state index contributed by atoms with van der Waals surface area (Å²) in [6.45, 7) is 5.26. The lowest BCUT2D eigenvalue weighted by molar-refractivity contribution is 0.610.